The van der Waals surface area contributed by atoms with Gasteiger partial charge in [0, 0.05) is 0 Å². The van der Waals surface area contributed by atoms with Crippen molar-refractivity contribution in [3.05, 3.63) is 38.3 Å². The lowest BCUT2D eigenvalue weighted by molar-refractivity contribution is -0.113. The van der Waals surface area contributed by atoms with Crippen molar-refractivity contribution in [3.8, 4) is 0 Å². The van der Waals surface area contributed by atoms with E-state index in [4.69, 9.17) is 0 Å². The predicted molar refractivity (Wildman–Crippen MR) is 94.4 cm³/mol. The van der Waals surface area contributed by atoms with Crippen molar-refractivity contribution in [2.24, 2.45) is 0 Å². The number of aromatic amines is 1. The molecule has 1 atom stereocenters. The van der Waals surface area contributed by atoms with E-state index in [1.165, 1.54) is 31.0 Å². The third kappa shape index (κ3) is 2.76. The molecular weight excluding hydrogens is 330 g/mol. The van der Waals surface area contributed by atoms with Crippen LogP contribution >= 0.6 is 23.1 Å². The number of carbonyl (C=O) groups excluding carboxylic acids is 1. The average molecular weight is 349 g/mol. The Balaban J connectivity index is 1.82. The maximum atomic E-state index is 12.7. The zero-order chi connectivity index (χ0) is 15.8. The Morgan fingerprint density at radius 1 is 1.17 bits per heavy atom. The van der Waals surface area contributed by atoms with Crippen LogP contribution in [0.3, 0.4) is 0 Å². The average Bonchev–Trinajstić information content (AvgIpc) is 3.15. The Morgan fingerprint density at radius 2 is 2.00 bits per heavy atom. The third-order valence-corrected chi connectivity index (χ3v) is 6.62. The highest BCUT2D eigenvalue weighted by molar-refractivity contribution is 8.00. The summed E-state index contributed by atoms with van der Waals surface area (Å²) in [6, 6.07) is 2.32. The Labute approximate surface area is 142 Å². The Morgan fingerprint density at radius 3 is 2.74 bits per heavy atom. The fourth-order valence-corrected chi connectivity index (χ4v) is 5.43. The van der Waals surface area contributed by atoms with E-state index < -0.39 is 0 Å². The summed E-state index contributed by atoms with van der Waals surface area (Å²) >= 11 is 3.15. The number of thiophene rings is 1. The standard InChI is InChI=1S/C16H19N3O2S2/c20-12-9-23-14(10-6-7-22-8-10)13-15(17-12)19(18-16(13)21)11-4-2-1-3-5-11/h6-8,11,14H,1-5,9H2,(H,17,20)(H,18,21)/t14-/m0/s1. The highest BCUT2D eigenvalue weighted by atomic mass is 32.2. The van der Waals surface area contributed by atoms with Crippen molar-refractivity contribution in [3.63, 3.8) is 0 Å². The van der Waals surface area contributed by atoms with Crippen LogP contribution in [-0.2, 0) is 4.79 Å². The van der Waals surface area contributed by atoms with E-state index in [2.05, 4.69) is 15.8 Å². The zero-order valence-electron chi connectivity index (χ0n) is 12.7. The van der Waals surface area contributed by atoms with Crippen molar-refractivity contribution >= 4 is 34.8 Å². The van der Waals surface area contributed by atoms with Crippen LogP contribution in [0.5, 0.6) is 0 Å². The third-order valence-electron chi connectivity index (χ3n) is 4.65. The molecule has 122 valence electrons. The van der Waals surface area contributed by atoms with E-state index in [-0.39, 0.29) is 22.8 Å². The van der Waals surface area contributed by atoms with Gasteiger partial charge < -0.3 is 5.32 Å². The smallest absolute Gasteiger partial charge is 0.270 e. The zero-order valence-corrected chi connectivity index (χ0v) is 14.3. The molecule has 0 aromatic carbocycles. The highest BCUT2D eigenvalue weighted by Gasteiger charge is 2.32. The molecule has 0 bridgehead atoms. The molecule has 0 radical (unpaired) electrons. The van der Waals surface area contributed by atoms with Gasteiger partial charge in [0.25, 0.3) is 5.56 Å². The summed E-state index contributed by atoms with van der Waals surface area (Å²) in [7, 11) is 0. The quantitative estimate of drug-likeness (QED) is 0.872. The second-order valence-electron chi connectivity index (χ2n) is 6.16. The molecule has 1 aliphatic carbocycles. The number of fused-ring (bicyclic) bond motifs is 1. The summed E-state index contributed by atoms with van der Waals surface area (Å²) < 4.78 is 1.93. The first-order valence-electron chi connectivity index (χ1n) is 8.02. The Bertz CT molecular complexity index is 757. The van der Waals surface area contributed by atoms with Gasteiger partial charge in [0.2, 0.25) is 5.91 Å². The molecule has 7 heteroatoms. The number of anilines is 1. The number of aromatic nitrogens is 2. The molecule has 0 saturated heterocycles. The van der Waals surface area contributed by atoms with E-state index in [0.717, 1.165) is 18.4 Å². The van der Waals surface area contributed by atoms with Gasteiger partial charge in [-0.15, -0.1) is 11.8 Å². The first-order valence-corrected chi connectivity index (χ1v) is 10.0. The van der Waals surface area contributed by atoms with Crippen LogP contribution in [0, 0.1) is 0 Å². The lowest BCUT2D eigenvalue weighted by Crippen LogP contribution is -2.21. The van der Waals surface area contributed by atoms with Crippen molar-refractivity contribution in [2.75, 3.05) is 11.1 Å². The number of rotatable bonds is 2. The van der Waals surface area contributed by atoms with Gasteiger partial charge in [0.05, 0.1) is 22.6 Å². The minimum absolute atomic E-state index is 0.0301. The fraction of sp³-hybridized carbons (Fsp3) is 0.500. The molecule has 23 heavy (non-hydrogen) atoms. The van der Waals surface area contributed by atoms with Gasteiger partial charge in [-0.05, 0) is 35.2 Å². The van der Waals surface area contributed by atoms with Gasteiger partial charge in [-0.1, -0.05) is 19.3 Å². The second-order valence-corrected chi connectivity index (χ2v) is 8.03. The van der Waals surface area contributed by atoms with Crippen LogP contribution in [0.2, 0.25) is 0 Å². The largest absolute Gasteiger partial charge is 0.310 e. The summed E-state index contributed by atoms with van der Waals surface area (Å²) in [6.45, 7) is 0. The SMILES string of the molecule is O=C1CS[C@@H](c2ccsc2)c2c(n(C3CCCCC3)[nH]c2=O)N1. The van der Waals surface area contributed by atoms with Gasteiger partial charge in [-0.2, -0.15) is 11.3 Å². The molecule has 5 nitrogen and oxygen atoms in total. The number of amides is 1. The predicted octanol–water partition coefficient (Wildman–Crippen LogP) is 3.52. The maximum absolute atomic E-state index is 12.7. The summed E-state index contributed by atoms with van der Waals surface area (Å²) in [6.07, 6.45) is 5.73. The number of nitrogens with zero attached hydrogens (tertiary/aromatic N) is 1. The minimum Gasteiger partial charge on any atom is -0.310 e. The van der Waals surface area contributed by atoms with Crippen LogP contribution in [-0.4, -0.2) is 21.4 Å². The first-order chi connectivity index (χ1) is 11.2. The number of hydrogen-bond acceptors (Lipinski definition) is 4. The molecule has 4 rings (SSSR count). The molecule has 1 amide bonds. The molecule has 2 N–H and O–H groups in total. The Hall–Kier alpha value is -1.47. The van der Waals surface area contributed by atoms with Crippen LogP contribution in [0.25, 0.3) is 0 Å². The van der Waals surface area contributed by atoms with Crippen molar-refractivity contribution in [1.29, 1.82) is 0 Å². The van der Waals surface area contributed by atoms with Gasteiger partial charge in [0.15, 0.2) is 0 Å². The van der Waals surface area contributed by atoms with Crippen molar-refractivity contribution < 1.29 is 4.79 Å². The van der Waals surface area contributed by atoms with Gasteiger partial charge in [-0.25, -0.2) is 0 Å². The topological polar surface area (TPSA) is 66.9 Å². The van der Waals surface area contributed by atoms with Gasteiger partial charge >= 0.3 is 0 Å². The summed E-state index contributed by atoms with van der Waals surface area (Å²) in [5, 5.41) is 9.98. The van der Waals surface area contributed by atoms with Crippen LogP contribution < -0.4 is 10.9 Å². The van der Waals surface area contributed by atoms with Crippen molar-refractivity contribution in [2.45, 2.75) is 43.4 Å². The molecule has 2 aromatic rings. The number of nitrogens with one attached hydrogen (secondary N) is 2. The van der Waals surface area contributed by atoms with E-state index >= 15 is 0 Å². The minimum atomic E-state index is -0.0798. The first kappa shape index (κ1) is 15.1. The van der Waals surface area contributed by atoms with E-state index in [0.29, 0.717) is 17.1 Å². The summed E-state index contributed by atoms with van der Waals surface area (Å²) in [5.74, 6) is 1.03. The molecule has 3 heterocycles. The van der Waals surface area contributed by atoms with Gasteiger partial charge in [-0.3, -0.25) is 19.4 Å². The highest BCUT2D eigenvalue weighted by Crippen LogP contribution is 2.42. The fourth-order valence-electron chi connectivity index (χ4n) is 3.54. The molecule has 1 saturated carbocycles. The van der Waals surface area contributed by atoms with E-state index in [9.17, 15) is 9.59 Å². The molecule has 1 fully saturated rings. The molecule has 2 aromatic heterocycles. The molecule has 0 spiro atoms. The van der Waals surface area contributed by atoms with Crippen LogP contribution in [0.15, 0.2) is 21.6 Å². The van der Waals surface area contributed by atoms with Crippen LogP contribution in [0.1, 0.15) is 54.5 Å². The molecule has 2 aliphatic rings. The summed E-state index contributed by atoms with van der Waals surface area (Å²) in [4.78, 5) is 24.8. The van der Waals surface area contributed by atoms with Crippen molar-refractivity contribution in [1.82, 2.24) is 9.78 Å². The number of hydrogen-bond donors (Lipinski definition) is 2. The lowest BCUT2D eigenvalue weighted by Gasteiger charge is -2.24. The second kappa shape index (κ2) is 6.20. The normalized spacial score (nSPS) is 22.4. The van der Waals surface area contributed by atoms with E-state index in [1.807, 2.05) is 16.1 Å². The van der Waals surface area contributed by atoms with Crippen LogP contribution in [0.4, 0.5) is 5.82 Å². The number of carbonyl (C=O) groups is 1. The molecular formula is C16H19N3O2S2. The molecule has 0 unspecified atom stereocenters. The van der Waals surface area contributed by atoms with Gasteiger partial charge in [0.1, 0.15) is 5.82 Å². The maximum Gasteiger partial charge on any atom is 0.270 e. The summed E-state index contributed by atoms with van der Waals surface area (Å²) in [5.41, 5.74) is 1.73. The van der Waals surface area contributed by atoms with E-state index in [1.54, 1.807) is 11.3 Å². The number of thioether (sulfide) groups is 1. The monoisotopic (exact) mass is 349 g/mol. The molecule has 1 aliphatic heterocycles. The lowest BCUT2D eigenvalue weighted by atomic mass is 9.95. The Kier molecular flexibility index (Phi) is 4.07. The number of H-pyrrole nitrogens is 1.